The predicted octanol–water partition coefficient (Wildman–Crippen LogP) is 2.23. The topological polar surface area (TPSA) is 64.6 Å². The van der Waals surface area contributed by atoms with Crippen LogP contribution in [0, 0.1) is 0 Å². The maximum atomic E-state index is 13.0. The Morgan fingerprint density at radius 1 is 1.22 bits per heavy atom. The zero-order valence-corrected chi connectivity index (χ0v) is 12.6. The quantitative estimate of drug-likeness (QED) is 0.851. The molecule has 6 heteroatoms. The Bertz CT molecular complexity index is 720. The van der Waals surface area contributed by atoms with Gasteiger partial charge in [0.15, 0.2) is 11.5 Å². The molecule has 2 aliphatic rings. The summed E-state index contributed by atoms with van der Waals surface area (Å²) in [7, 11) is 0. The summed E-state index contributed by atoms with van der Waals surface area (Å²) in [5.41, 5.74) is 1.44. The fourth-order valence-electron chi connectivity index (χ4n) is 3.21. The molecule has 1 aromatic heterocycles. The van der Waals surface area contributed by atoms with Crippen LogP contribution in [0.15, 0.2) is 36.8 Å². The average Bonchev–Trinajstić information content (AvgIpc) is 3.11. The molecule has 0 bridgehead atoms. The SMILES string of the molecule is O=C(c1cccc2c1OCCO2)N1CCC[C@H]1c1ccncn1. The summed E-state index contributed by atoms with van der Waals surface area (Å²) in [5.74, 6) is 1.16. The van der Waals surface area contributed by atoms with Gasteiger partial charge in [-0.1, -0.05) is 6.07 Å². The largest absolute Gasteiger partial charge is 0.486 e. The Morgan fingerprint density at radius 2 is 2.13 bits per heavy atom. The van der Waals surface area contributed by atoms with Gasteiger partial charge in [0.05, 0.1) is 17.3 Å². The third-order valence-corrected chi connectivity index (χ3v) is 4.26. The molecule has 0 saturated carbocycles. The summed E-state index contributed by atoms with van der Waals surface area (Å²) < 4.78 is 11.3. The van der Waals surface area contributed by atoms with E-state index in [1.54, 1.807) is 12.3 Å². The average molecular weight is 311 g/mol. The van der Waals surface area contributed by atoms with Gasteiger partial charge >= 0.3 is 0 Å². The molecule has 23 heavy (non-hydrogen) atoms. The van der Waals surface area contributed by atoms with E-state index in [1.165, 1.54) is 6.33 Å². The first-order valence-corrected chi connectivity index (χ1v) is 7.80. The Morgan fingerprint density at radius 3 is 3.00 bits per heavy atom. The number of ether oxygens (including phenoxy) is 2. The Labute approximate surface area is 134 Å². The van der Waals surface area contributed by atoms with E-state index in [1.807, 2.05) is 23.1 Å². The van der Waals surface area contributed by atoms with Crippen molar-refractivity contribution in [3.8, 4) is 11.5 Å². The van der Waals surface area contributed by atoms with Crippen molar-refractivity contribution in [1.82, 2.24) is 14.9 Å². The minimum Gasteiger partial charge on any atom is -0.486 e. The molecule has 3 heterocycles. The van der Waals surface area contributed by atoms with Gasteiger partial charge in [0, 0.05) is 12.7 Å². The lowest BCUT2D eigenvalue weighted by Crippen LogP contribution is -2.32. The number of benzene rings is 1. The number of amides is 1. The monoisotopic (exact) mass is 311 g/mol. The van der Waals surface area contributed by atoms with E-state index in [0.29, 0.717) is 30.3 Å². The van der Waals surface area contributed by atoms with Gasteiger partial charge in [-0.3, -0.25) is 4.79 Å². The number of aromatic nitrogens is 2. The van der Waals surface area contributed by atoms with Crippen molar-refractivity contribution in [2.45, 2.75) is 18.9 Å². The van der Waals surface area contributed by atoms with Crippen LogP contribution in [0.5, 0.6) is 11.5 Å². The van der Waals surface area contributed by atoms with Crippen molar-refractivity contribution in [3.63, 3.8) is 0 Å². The number of fused-ring (bicyclic) bond motifs is 1. The maximum Gasteiger partial charge on any atom is 0.258 e. The van der Waals surface area contributed by atoms with E-state index in [9.17, 15) is 4.79 Å². The van der Waals surface area contributed by atoms with Crippen LogP contribution >= 0.6 is 0 Å². The molecule has 1 atom stereocenters. The number of carbonyl (C=O) groups excluding carboxylic acids is 1. The number of carbonyl (C=O) groups is 1. The highest BCUT2D eigenvalue weighted by molar-refractivity contribution is 5.98. The summed E-state index contributed by atoms with van der Waals surface area (Å²) in [5, 5.41) is 0. The van der Waals surface area contributed by atoms with Gasteiger partial charge in [-0.2, -0.15) is 0 Å². The van der Waals surface area contributed by atoms with Crippen LogP contribution in [0.4, 0.5) is 0 Å². The van der Waals surface area contributed by atoms with Gasteiger partial charge in [-0.15, -0.1) is 0 Å². The third kappa shape index (κ3) is 2.50. The second-order valence-corrected chi connectivity index (χ2v) is 5.62. The van der Waals surface area contributed by atoms with Crippen molar-refractivity contribution in [2.24, 2.45) is 0 Å². The predicted molar refractivity (Wildman–Crippen MR) is 82.5 cm³/mol. The molecular weight excluding hydrogens is 294 g/mol. The third-order valence-electron chi connectivity index (χ3n) is 4.26. The fraction of sp³-hybridized carbons (Fsp3) is 0.353. The van der Waals surface area contributed by atoms with E-state index in [0.717, 1.165) is 25.1 Å². The van der Waals surface area contributed by atoms with Crippen LogP contribution in [0.25, 0.3) is 0 Å². The number of hydrogen-bond donors (Lipinski definition) is 0. The first-order valence-electron chi connectivity index (χ1n) is 7.80. The lowest BCUT2D eigenvalue weighted by Gasteiger charge is -2.26. The van der Waals surface area contributed by atoms with Crippen molar-refractivity contribution in [1.29, 1.82) is 0 Å². The number of likely N-dealkylation sites (tertiary alicyclic amines) is 1. The van der Waals surface area contributed by atoms with Crippen molar-refractivity contribution < 1.29 is 14.3 Å². The molecule has 1 aromatic carbocycles. The van der Waals surface area contributed by atoms with Crippen LogP contribution in [-0.4, -0.2) is 40.5 Å². The molecule has 0 N–H and O–H groups in total. The van der Waals surface area contributed by atoms with Crippen LogP contribution in [0.1, 0.15) is 34.9 Å². The zero-order valence-electron chi connectivity index (χ0n) is 12.6. The minimum atomic E-state index is -0.0338. The summed E-state index contributed by atoms with van der Waals surface area (Å²) in [6.07, 6.45) is 5.12. The Balaban J connectivity index is 1.66. The van der Waals surface area contributed by atoms with Crippen LogP contribution in [-0.2, 0) is 0 Å². The Hall–Kier alpha value is -2.63. The highest BCUT2D eigenvalue weighted by Gasteiger charge is 2.33. The molecule has 4 rings (SSSR count). The molecule has 1 saturated heterocycles. The van der Waals surface area contributed by atoms with Gasteiger partial charge in [0.2, 0.25) is 0 Å². The smallest absolute Gasteiger partial charge is 0.258 e. The highest BCUT2D eigenvalue weighted by Crippen LogP contribution is 2.37. The second kappa shape index (κ2) is 5.87. The number of rotatable bonds is 2. The number of para-hydroxylation sites is 1. The van der Waals surface area contributed by atoms with Crippen molar-refractivity contribution >= 4 is 5.91 Å². The first-order chi connectivity index (χ1) is 11.3. The molecular formula is C17H17N3O3. The molecule has 6 nitrogen and oxygen atoms in total. The van der Waals surface area contributed by atoms with Gasteiger partial charge in [-0.05, 0) is 31.0 Å². The number of nitrogens with zero attached hydrogens (tertiary/aromatic N) is 3. The molecule has 2 aliphatic heterocycles. The van der Waals surface area contributed by atoms with Gasteiger partial charge in [0.25, 0.3) is 5.91 Å². The standard InChI is InChI=1S/C17H17N3O3/c21-17(12-3-1-5-15-16(12)23-10-9-22-15)20-8-2-4-14(20)13-6-7-18-11-19-13/h1,3,5-7,11,14H,2,4,8-10H2/t14-/m0/s1. The summed E-state index contributed by atoms with van der Waals surface area (Å²) in [6, 6.07) is 7.32. The zero-order chi connectivity index (χ0) is 15.6. The molecule has 0 unspecified atom stereocenters. The lowest BCUT2D eigenvalue weighted by molar-refractivity contribution is 0.0722. The molecule has 2 aromatic rings. The summed E-state index contributed by atoms with van der Waals surface area (Å²) >= 11 is 0. The van der Waals surface area contributed by atoms with Crippen LogP contribution in [0.3, 0.4) is 0 Å². The van der Waals surface area contributed by atoms with E-state index in [-0.39, 0.29) is 11.9 Å². The highest BCUT2D eigenvalue weighted by atomic mass is 16.6. The summed E-state index contributed by atoms with van der Waals surface area (Å²) in [6.45, 7) is 1.70. The van der Waals surface area contributed by atoms with Crippen LogP contribution in [0.2, 0.25) is 0 Å². The molecule has 118 valence electrons. The van der Waals surface area contributed by atoms with E-state index < -0.39 is 0 Å². The van der Waals surface area contributed by atoms with Crippen molar-refractivity contribution in [3.05, 3.63) is 48.0 Å². The normalized spacial score (nSPS) is 19.7. The molecule has 1 amide bonds. The minimum absolute atomic E-state index is 0.00846. The molecule has 0 radical (unpaired) electrons. The fourth-order valence-corrected chi connectivity index (χ4v) is 3.21. The van der Waals surface area contributed by atoms with E-state index in [4.69, 9.17) is 9.47 Å². The number of hydrogen-bond acceptors (Lipinski definition) is 5. The van der Waals surface area contributed by atoms with Crippen LogP contribution < -0.4 is 9.47 Å². The lowest BCUT2D eigenvalue weighted by atomic mass is 10.1. The second-order valence-electron chi connectivity index (χ2n) is 5.62. The first kappa shape index (κ1) is 14.0. The maximum absolute atomic E-state index is 13.0. The van der Waals surface area contributed by atoms with E-state index in [2.05, 4.69) is 9.97 Å². The summed E-state index contributed by atoms with van der Waals surface area (Å²) in [4.78, 5) is 23.2. The van der Waals surface area contributed by atoms with Crippen molar-refractivity contribution in [2.75, 3.05) is 19.8 Å². The van der Waals surface area contributed by atoms with Gasteiger partial charge in [-0.25, -0.2) is 9.97 Å². The molecule has 1 fully saturated rings. The molecule has 0 spiro atoms. The Kier molecular flexibility index (Phi) is 3.57. The van der Waals surface area contributed by atoms with Gasteiger partial charge in [0.1, 0.15) is 19.5 Å². The van der Waals surface area contributed by atoms with Gasteiger partial charge < -0.3 is 14.4 Å². The molecule has 0 aliphatic carbocycles. The van der Waals surface area contributed by atoms with E-state index >= 15 is 0 Å².